The largest absolute Gasteiger partial charge is 0.349 e. The van der Waals surface area contributed by atoms with E-state index in [-0.39, 0.29) is 11.9 Å². The molecular formula is C14H16BrNOS. The van der Waals surface area contributed by atoms with Crippen LogP contribution in [0.25, 0.3) is 10.1 Å². The van der Waals surface area contributed by atoms with Gasteiger partial charge in [-0.25, -0.2) is 0 Å². The minimum atomic E-state index is 0.0211. The zero-order valence-corrected chi connectivity index (χ0v) is 12.8. The smallest absolute Gasteiger partial charge is 0.252 e. The summed E-state index contributed by atoms with van der Waals surface area (Å²) in [6.45, 7) is 4.16. The Morgan fingerprint density at radius 2 is 2.11 bits per heavy atom. The summed E-state index contributed by atoms with van der Waals surface area (Å²) in [6, 6.07) is 8.17. The van der Waals surface area contributed by atoms with Gasteiger partial charge in [-0.15, -0.1) is 11.3 Å². The summed E-state index contributed by atoms with van der Waals surface area (Å²) in [7, 11) is 0. The van der Waals surface area contributed by atoms with Crippen molar-refractivity contribution in [2.45, 2.75) is 19.9 Å². The van der Waals surface area contributed by atoms with Crippen LogP contribution in [0, 0.1) is 5.92 Å². The molecule has 2 rings (SSSR count). The van der Waals surface area contributed by atoms with E-state index >= 15 is 0 Å². The first-order chi connectivity index (χ1) is 8.63. The van der Waals surface area contributed by atoms with Crippen molar-refractivity contribution in [2.24, 2.45) is 5.92 Å². The molecule has 1 heterocycles. The second kappa shape index (κ2) is 5.85. The number of thiophene rings is 1. The number of amides is 1. The highest BCUT2D eigenvalue weighted by atomic mass is 79.9. The van der Waals surface area contributed by atoms with Gasteiger partial charge in [-0.3, -0.25) is 4.79 Å². The van der Waals surface area contributed by atoms with Gasteiger partial charge in [-0.2, -0.15) is 0 Å². The molecule has 0 aliphatic carbocycles. The van der Waals surface area contributed by atoms with Gasteiger partial charge in [0.15, 0.2) is 0 Å². The third-order valence-electron chi connectivity index (χ3n) is 3.18. The lowest BCUT2D eigenvalue weighted by molar-refractivity contribution is 0.0933. The molecule has 0 bridgehead atoms. The molecule has 1 amide bonds. The molecule has 96 valence electrons. The first-order valence-corrected chi connectivity index (χ1v) is 7.96. The quantitative estimate of drug-likeness (QED) is 0.844. The van der Waals surface area contributed by atoms with Gasteiger partial charge >= 0.3 is 0 Å². The van der Waals surface area contributed by atoms with E-state index in [4.69, 9.17) is 0 Å². The number of carbonyl (C=O) groups excluding carboxylic acids is 1. The second-order valence-corrected chi connectivity index (χ2v) is 6.10. The Hall–Kier alpha value is -0.870. The van der Waals surface area contributed by atoms with Crippen molar-refractivity contribution < 1.29 is 4.79 Å². The van der Waals surface area contributed by atoms with Crippen molar-refractivity contribution in [1.82, 2.24) is 5.32 Å². The Morgan fingerprint density at radius 3 is 2.83 bits per heavy atom. The average Bonchev–Trinajstić information content (AvgIpc) is 2.81. The molecule has 18 heavy (non-hydrogen) atoms. The predicted molar refractivity (Wildman–Crippen MR) is 81.7 cm³/mol. The number of hydrogen-bond donors (Lipinski definition) is 1. The molecule has 2 aromatic rings. The van der Waals surface area contributed by atoms with Crippen molar-refractivity contribution in [3.63, 3.8) is 0 Å². The number of alkyl halides is 1. The summed E-state index contributed by atoms with van der Waals surface area (Å²) in [5.41, 5.74) is 0.782. The van der Waals surface area contributed by atoms with Crippen LogP contribution in [0.4, 0.5) is 0 Å². The zero-order valence-electron chi connectivity index (χ0n) is 10.4. The predicted octanol–water partition coefficient (Wildman–Crippen LogP) is 4.05. The summed E-state index contributed by atoms with van der Waals surface area (Å²) in [5.74, 6) is 0.437. The normalized spacial score (nSPS) is 14.4. The maximum absolute atomic E-state index is 12.2. The topological polar surface area (TPSA) is 29.1 Å². The number of halogens is 1. The number of benzene rings is 1. The van der Waals surface area contributed by atoms with Gasteiger partial charge in [-0.1, -0.05) is 41.1 Å². The number of rotatable bonds is 4. The van der Waals surface area contributed by atoms with Crippen LogP contribution in [0.5, 0.6) is 0 Å². The second-order valence-electron chi connectivity index (χ2n) is 4.54. The summed E-state index contributed by atoms with van der Waals surface area (Å²) in [6.07, 6.45) is 0. The van der Waals surface area contributed by atoms with Gasteiger partial charge < -0.3 is 5.32 Å². The molecule has 0 fully saturated rings. The summed E-state index contributed by atoms with van der Waals surface area (Å²) >= 11 is 5.06. The van der Waals surface area contributed by atoms with Crippen LogP contribution >= 0.6 is 27.3 Å². The first-order valence-electron chi connectivity index (χ1n) is 5.96. The van der Waals surface area contributed by atoms with E-state index in [2.05, 4.69) is 28.2 Å². The minimum absolute atomic E-state index is 0.0211. The number of fused-ring (bicyclic) bond motifs is 1. The maximum atomic E-state index is 12.2. The van der Waals surface area contributed by atoms with E-state index < -0.39 is 0 Å². The van der Waals surface area contributed by atoms with E-state index in [1.54, 1.807) is 11.3 Å². The monoisotopic (exact) mass is 325 g/mol. The van der Waals surface area contributed by atoms with Gasteiger partial charge in [0, 0.05) is 26.8 Å². The van der Waals surface area contributed by atoms with Gasteiger partial charge in [0.1, 0.15) is 0 Å². The van der Waals surface area contributed by atoms with Crippen LogP contribution in [0.1, 0.15) is 24.2 Å². The van der Waals surface area contributed by atoms with E-state index in [0.717, 1.165) is 21.0 Å². The molecule has 0 saturated carbocycles. The Balaban J connectivity index is 2.19. The van der Waals surface area contributed by atoms with Crippen LogP contribution in [0.3, 0.4) is 0 Å². The highest BCUT2D eigenvalue weighted by Gasteiger charge is 2.17. The Morgan fingerprint density at radius 1 is 1.39 bits per heavy atom. The third-order valence-corrected chi connectivity index (χ3v) is 5.17. The lowest BCUT2D eigenvalue weighted by Gasteiger charge is -2.19. The van der Waals surface area contributed by atoms with Crippen molar-refractivity contribution in [3.05, 3.63) is 35.2 Å². The number of hydrogen-bond acceptors (Lipinski definition) is 2. The fourth-order valence-electron chi connectivity index (χ4n) is 1.71. The third kappa shape index (κ3) is 2.75. The highest BCUT2D eigenvalue weighted by Crippen LogP contribution is 2.25. The standard InChI is InChI=1S/C14H16BrNOS/c1-9(7-15)10(2)16-14(17)12-8-18-13-6-4-3-5-11(12)13/h3-6,8-10H,7H2,1-2H3,(H,16,17). The summed E-state index contributed by atoms with van der Waals surface area (Å²) < 4.78 is 1.16. The molecule has 0 spiro atoms. The molecule has 1 aromatic carbocycles. The van der Waals surface area contributed by atoms with Crippen molar-refractivity contribution in [3.8, 4) is 0 Å². The lowest BCUT2D eigenvalue weighted by Crippen LogP contribution is -2.37. The van der Waals surface area contributed by atoms with E-state index in [1.165, 1.54) is 0 Å². The highest BCUT2D eigenvalue weighted by molar-refractivity contribution is 9.09. The molecule has 0 aliphatic rings. The Labute approximate surface area is 120 Å². The first kappa shape index (κ1) is 13.6. The van der Waals surface area contributed by atoms with Crippen molar-refractivity contribution in [2.75, 3.05) is 5.33 Å². The van der Waals surface area contributed by atoms with Crippen molar-refractivity contribution in [1.29, 1.82) is 0 Å². The van der Waals surface area contributed by atoms with Crippen molar-refractivity contribution >= 4 is 43.3 Å². The van der Waals surface area contributed by atoms with E-state index in [1.807, 2.05) is 36.6 Å². The molecule has 0 saturated heterocycles. The zero-order chi connectivity index (χ0) is 13.1. The Bertz CT molecular complexity index is 551. The van der Waals surface area contributed by atoms with E-state index in [9.17, 15) is 4.79 Å². The van der Waals surface area contributed by atoms with Gasteiger partial charge in [-0.05, 0) is 18.9 Å². The Kier molecular flexibility index (Phi) is 4.40. The van der Waals surface area contributed by atoms with Crippen LogP contribution in [-0.4, -0.2) is 17.3 Å². The minimum Gasteiger partial charge on any atom is -0.349 e. The van der Waals surface area contributed by atoms with Crippen LogP contribution in [0.2, 0.25) is 0 Å². The maximum Gasteiger partial charge on any atom is 0.252 e. The molecule has 4 heteroatoms. The van der Waals surface area contributed by atoms with Crippen LogP contribution < -0.4 is 5.32 Å². The average molecular weight is 326 g/mol. The lowest BCUT2D eigenvalue weighted by atomic mass is 10.1. The fourth-order valence-corrected chi connectivity index (χ4v) is 3.22. The number of nitrogens with one attached hydrogen (secondary N) is 1. The molecule has 2 nitrogen and oxygen atoms in total. The van der Waals surface area contributed by atoms with E-state index in [0.29, 0.717) is 5.92 Å². The summed E-state index contributed by atoms with van der Waals surface area (Å²) in [5, 5.41) is 6.93. The molecule has 2 unspecified atom stereocenters. The molecule has 2 atom stereocenters. The van der Waals surface area contributed by atoms with Crippen LogP contribution in [0.15, 0.2) is 29.6 Å². The van der Waals surface area contributed by atoms with Gasteiger partial charge in [0.05, 0.1) is 5.56 Å². The molecule has 0 aliphatic heterocycles. The molecule has 0 radical (unpaired) electrons. The van der Waals surface area contributed by atoms with Crippen LogP contribution in [-0.2, 0) is 0 Å². The van der Waals surface area contributed by atoms with Gasteiger partial charge in [0.2, 0.25) is 0 Å². The fraction of sp³-hybridized carbons (Fsp3) is 0.357. The summed E-state index contributed by atoms with van der Waals surface area (Å²) in [4.78, 5) is 12.2. The molecule has 1 N–H and O–H groups in total. The van der Waals surface area contributed by atoms with Gasteiger partial charge in [0.25, 0.3) is 5.91 Å². The molecule has 1 aromatic heterocycles. The number of carbonyl (C=O) groups is 1. The SMILES string of the molecule is CC(CBr)C(C)NC(=O)c1csc2ccccc12. The molecular weight excluding hydrogens is 310 g/mol.